The molecule has 2 rings (SSSR count). The monoisotopic (exact) mass is 219 g/mol. The van der Waals surface area contributed by atoms with Gasteiger partial charge in [0.1, 0.15) is 0 Å². The van der Waals surface area contributed by atoms with E-state index in [4.69, 9.17) is 0 Å². The number of carbonyl (C=O) groups is 1. The van der Waals surface area contributed by atoms with E-state index in [1.165, 1.54) is 16.0 Å². The lowest BCUT2D eigenvalue weighted by Crippen LogP contribution is -2.33. The van der Waals surface area contributed by atoms with E-state index in [-0.39, 0.29) is 6.03 Å². The van der Waals surface area contributed by atoms with E-state index in [1.54, 1.807) is 14.1 Å². The SMILES string of the molecule is CN(C)C(=O)NCc1ccc2c(c1)CNC2. The summed E-state index contributed by atoms with van der Waals surface area (Å²) in [4.78, 5) is 12.9. The minimum Gasteiger partial charge on any atom is -0.334 e. The fraction of sp³-hybridized carbons (Fsp3) is 0.417. The van der Waals surface area contributed by atoms with Gasteiger partial charge in [-0.2, -0.15) is 0 Å². The molecule has 0 saturated carbocycles. The van der Waals surface area contributed by atoms with Crippen LogP contribution in [0.4, 0.5) is 4.79 Å². The molecule has 0 radical (unpaired) electrons. The predicted octanol–water partition coefficient (Wildman–Crippen LogP) is 1.06. The molecule has 4 heteroatoms. The summed E-state index contributed by atoms with van der Waals surface area (Å²) in [6.07, 6.45) is 0. The molecule has 0 spiro atoms. The molecule has 1 heterocycles. The van der Waals surface area contributed by atoms with Crippen molar-refractivity contribution in [3.8, 4) is 0 Å². The molecule has 0 aromatic heterocycles. The summed E-state index contributed by atoms with van der Waals surface area (Å²) in [5, 5.41) is 6.16. The summed E-state index contributed by atoms with van der Waals surface area (Å²) in [5.41, 5.74) is 3.86. The highest BCUT2D eigenvalue weighted by Gasteiger charge is 2.10. The van der Waals surface area contributed by atoms with Crippen molar-refractivity contribution in [3.05, 3.63) is 34.9 Å². The van der Waals surface area contributed by atoms with Crippen molar-refractivity contribution in [1.82, 2.24) is 15.5 Å². The molecule has 1 aromatic rings. The average Bonchev–Trinajstić information content (AvgIpc) is 2.72. The van der Waals surface area contributed by atoms with E-state index < -0.39 is 0 Å². The number of benzene rings is 1. The van der Waals surface area contributed by atoms with E-state index >= 15 is 0 Å². The molecule has 0 atom stereocenters. The van der Waals surface area contributed by atoms with Gasteiger partial charge in [-0.1, -0.05) is 18.2 Å². The van der Waals surface area contributed by atoms with Gasteiger partial charge in [0.25, 0.3) is 0 Å². The maximum absolute atomic E-state index is 11.4. The van der Waals surface area contributed by atoms with Crippen molar-refractivity contribution in [1.29, 1.82) is 0 Å². The highest BCUT2D eigenvalue weighted by atomic mass is 16.2. The van der Waals surface area contributed by atoms with Crippen LogP contribution in [0.2, 0.25) is 0 Å². The Kier molecular flexibility index (Phi) is 3.10. The molecule has 2 amide bonds. The summed E-state index contributed by atoms with van der Waals surface area (Å²) in [5.74, 6) is 0. The number of urea groups is 1. The van der Waals surface area contributed by atoms with Crippen LogP contribution < -0.4 is 10.6 Å². The minimum atomic E-state index is -0.0568. The van der Waals surface area contributed by atoms with Gasteiger partial charge in [0, 0.05) is 33.7 Å². The van der Waals surface area contributed by atoms with Crippen molar-refractivity contribution < 1.29 is 4.79 Å². The molecule has 0 aliphatic carbocycles. The molecular weight excluding hydrogens is 202 g/mol. The third-order valence-corrected chi connectivity index (χ3v) is 2.75. The standard InChI is InChI=1S/C12H17N3O/c1-15(2)12(16)14-6-9-3-4-10-7-13-8-11(10)5-9/h3-5,13H,6-8H2,1-2H3,(H,14,16). The van der Waals surface area contributed by atoms with Crippen LogP contribution in [0.1, 0.15) is 16.7 Å². The quantitative estimate of drug-likeness (QED) is 0.781. The number of hydrogen-bond donors (Lipinski definition) is 2. The van der Waals surface area contributed by atoms with Crippen LogP contribution in [0.15, 0.2) is 18.2 Å². The van der Waals surface area contributed by atoms with Gasteiger partial charge in [0.15, 0.2) is 0 Å². The van der Waals surface area contributed by atoms with E-state index in [0.717, 1.165) is 18.7 Å². The third kappa shape index (κ3) is 2.33. The molecule has 1 aliphatic heterocycles. The maximum Gasteiger partial charge on any atom is 0.317 e. The number of hydrogen-bond acceptors (Lipinski definition) is 2. The first-order valence-corrected chi connectivity index (χ1v) is 5.43. The first-order chi connectivity index (χ1) is 7.66. The van der Waals surface area contributed by atoms with Crippen molar-refractivity contribution in [2.45, 2.75) is 19.6 Å². The second kappa shape index (κ2) is 4.53. The lowest BCUT2D eigenvalue weighted by molar-refractivity contribution is 0.217. The summed E-state index contributed by atoms with van der Waals surface area (Å²) >= 11 is 0. The maximum atomic E-state index is 11.4. The Balaban J connectivity index is 1.98. The van der Waals surface area contributed by atoms with E-state index in [2.05, 4.69) is 28.8 Å². The Morgan fingerprint density at radius 1 is 1.38 bits per heavy atom. The highest BCUT2D eigenvalue weighted by Crippen LogP contribution is 2.16. The Bertz CT molecular complexity index is 401. The molecule has 1 aromatic carbocycles. The first-order valence-electron chi connectivity index (χ1n) is 5.43. The number of nitrogens with one attached hydrogen (secondary N) is 2. The number of nitrogens with zero attached hydrogens (tertiary/aromatic N) is 1. The van der Waals surface area contributed by atoms with Gasteiger partial charge in [-0.05, 0) is 16.7 Å². The van der Waals surface area contributed by atoms with E-state index in [9.17, 15) is 4.79 Å². The normalized spacial score (nSPS) is 13.4. The largest absolute Gasteiger partial charge is 0.334 e. The first kappa shape index (κ1) is 11.0. The molecule has 16 heavy (non-hydrogen) atoms. The zero-order valence-corrected chi connectivity index (χ0v) is 9.71. The highest BCUT2D eigenvalue weighted by molar-refractivity contribution is 5.73. The van der Waals surface area contributed by atoms with Gasteiger partial charge in [0.05, 0.1) is 0 Å². The minimum absolute atomic E-state index is 0.0568. The van der Waals surface area contributed by atoms with E-state index in [1.807, 2.05) is 0 Å². The van der Waals surface area contributed by atoms with E-state index in [0.29, 0.717) is 6.54 Å². The Hall–Kier alpha value is -1.55. The fourth-order valence-corrected chi connectivity index (χ4v) is 1.79. The average molecular weight is 219 g/mol. The van der Waals surface area contributed by atoms with Crippen LogP contribution in [0, 0.1) is 0 Å². The Morgan fingerprint density at radius 3 is 2.88 bits per heavy atom. The second-order valence-corrected chi connectivity index (χ2v) is 4.26. The van der Waals surface area contributed by atoms with Crippen LogP contribution in [-0.2, 0) is 19.6 Å². The van der Waals surface area contributed by atoms with Crippen LogP contribution in [0.3, 0.4) is 0 Å². The van der Waals surface area contributed by atoms with Gasteiger partial charge >= 0.3 is 6.03 Å². The van der Waals surface area contributed by atoms with Gasteiger partial charge in [-0.3, -0.25) is 0 Å². The zero-order chi connectivity index (χ0) is 11.5. The topological polar surface area (TPSA) is 44.4 Å². The lowest BCUT2D eigenvalue weighted by atomic mass is 10.1. The van der Waals surface area contributed by atoms with Crippen LogP contribution in [0.5, 0.6) is 0 Å². The number of amides is 2. The second-order valence-electron chi connectivity index (χ2n) is 4.26. The molecule has 0 bridgehead atoms. The van der Waals surface area contributed by atoms with Crippen molar-refractivity contribution in [2.75, 3.05) is 14.1 Å². The molecule has 4 nitrogen and oxygen atoms in total. The predicted molar refractivity (Wildman–Crippen MR) is 62.9 cm³/mol. The smallest absolute Gasteiger partial charge is 0.317 e. The lowest BCUT2D eigenvalue weighted by Gasteiger charge is -2.12. The molecule has 2 N–H and O–H groups in total. The summed E-state index contributed by atoms with van der Waals surface area (Å²) < 4.78 is 0. The summed E-state index contributed by atoms with van der Waals surface area (Å²) in [7, 11) is 3.48. The molecule has 86 valence electrons. The Labute approximate surface area is 95.6 Å². The molecule has 1 aliphatic rings. The van der Waals surface area contributed by atoms with Gasteiger partial charge in [-0.25, -0.2) is 4.79 Å². The van der Waals surface area contributed by atoms with Crippen molar-refractivity contribution >= 4 is 6.03 Å². The van der Waals surface area contributed by atoms with Gasteiger partial charge in [0.2, 0.25) is 0 Å². The number of rotatable bonds is 2. The summed E-state index contributed by atoms with van der Waals surface area (Å²) in [6, 6.07) is 6.30. The van der Waals surface area contributed by atoms with Crippen molar-refractivity contribution in [3.63, 3.8) is 0 Å². The van der Waals surface area contributed by atoms with Crippen LogP contribution in [-0.4, -0.2) is 25.0 Å². The van der Waals surface area contributed by atoms with Crippen molar-refractivity contribution in [2.24, 2.45) is 0 Å². The van der Waals surface area contributed by atoms with Gasteiger partial charge < -0.3 is 15.5 Å². The number of carbonyl (C=O) groups excluding carboxylic acids is 1. The van der Waals surface area contributed by atoms with Gasteiger partial charge in [-0.15, -0.1) is 0 Å². The summed E-state index contributed by atoms with van der Waals surface area (Å²) in [6.45, 7) is 2.48. The Morgan fingerprint density at radius 2 is 2.12 bits per heavy atom. The molecule has 0 saturated heterocycles. The van der Waals surface area contributed by atoms with Crippen LogP contribution >= 0.6 is 0 Å². The third-order valence-electron chi connectivity index (χ3n) is 2.75. The fourth-order valence-electron chi connectivity index (χ4n) is 1.79. The molecule has 0 fully saturated rings. The zero-order valence-electron chi connectivity index (χ0n) is 9.71. The van der Waals surface area contributed by atoms with Crippen LogP contribution in [0.25, 0.3) is 0 Å². The molecule has 0 unspecified atom stereocenters. The number of fused-ring (bicyclic) bond motifs is 1. The molecular formula is C12H17N3O.